The monoisotopic (exact) mass is 430 g/mol. The lowest BCUT2D eigenvalue weighted by Crippen LogP contribution is -2.38. The van der Waals surface area contributed by atoms with Gasteiger partial charge in [0.05, 0.1) is 23.7 Å². The maximum Gasteiger partial charge on any atom is 0.349 e. The van der Waals surface area contributed by atoms with Crippen LogP contribution in [0.5, 0.6) is 0 Å². The summed E-state index contributed by atoms with van der Waals surface area (Å²) in [7, 11) is -1.66. The van der Waals surface area contributed by atoms with Crippen LogP contribution in [0.15, 0.2) is 30.5 Å². The molecule has 9 heteroatoms. The van der Waals surface area contributed by atoms with E-state index in [1.54, 1.807) is 35.9 Å². The molecule has 2 heterocycles. The van der Waals surface area contributed by atoms with Gasteiger partial charge in [0.25, 0.3) is 0 Å². The lowest BCUT2D eigenvalue weighted by molar-refractivity contribution is 0.0533. The molecule has 0 amide bonds. The van der Waals surface area contributed by atoms with Gasteiger partial charge in [-0.3, -0.25) is 0 Å². The fraction of sp³-hybridized carbons (Fsp3) is 0.263. The highest BCUT2D eigenvalue weighted by molar-refractivity contribution is 7.17. The van der Waals surface area contributed by atoms with E-state index in [0.717, 1.165) is 10.9 Å². The smallest absolute Gasteiger partial charge is 0.349 e. The zero-order valence-electron chi connectivity index (χ0n) is 16.0. The highest BCUT2D eigenvalue weighted by Crippen LogP contribution is 2.39. The topological polar surface area (TPSA) is 80.8 Å². The van der Waals surface area contributed by atoms with Gasteiger partial charge >= 0.3 is 5.97 Å². The zero-order chi connectivity index (χ0) is 20.5. The Morgan fingerprint density at radius 3 is 2.54 bits per heavy atom. The number of thiophene rings is 1. The van der Waals surface area contributed by atoms with Gasteiger partial charge in [0.2, 0.25) is 0 Å². The molecule has 1 aromatic carbocycles. The van der Waals surface area contributed by atoms with E-state index >= 15 is 0 Å². The van der Waals surface area contributed by atoms with Gasteiger partial charge in [0, 0.05) is 10.6 Å². The summed E-state index contributed by atoms with van der Waals surface area (Å²) in [5.41, 5.74) is 1.61. The standard InChI is InChI=1S/C19H19ClN4O2SSi/c1-5-26-19(25)17-16(12-6-8-13(20)9-7-12)14(10-21)18(27-17)24-11-15(22-23-24)28(2,3)4/h6-9,11H,5H2,1-4H3. The average molecular weight is 431 g/mol. The van der Waals surface area contributed by atoms with Gasteiger partial charge < -0.3 is 4.74 Å². The van der Waals surface area contributed by atoms with Crippen molar-refractivity contribution in [2.75, 3.05) is 6.61 Å². The van der Waals surface area contributed by atoms with Crippen molar-refractivity contribution in [1.29, 1.82) is 5.26 Å². The van der Waals surface area contributed by atoms with E-state index < -0.39 is 14.0 Å². The first-order valence-corrected chi connectivity index (χ1v) is 13.4. The lowest BCUT2D eigenvalue weighted by Gasteiger charge is -2.09. The minimum absolute atomic E-state index is 0.247. The number of benzene rings is 1. The molecule has 0 fully saturated rings. The normalized spacial score (nSPS) is 11.3. The van der Waals surface area contributed by atoms with Gasteiger partial charge in [-0.25, -0.2) is 9.48 Å². The van der Waals surface area contributed by atoms with Crippen LogP contribution in [0.1, 0.15) is 22.2 Å². The molecule has 0 saturated heterocycles. The molecule has 0 N–H and O–H groups in total. The minimum Gasteiger partial charge on any atom is -0.462 e. The number of ether oxygens (including phenoxy) is 1. The Bertz CT molecular complexity index is 1060. The molecule has 0 aliphatic rings. The third kappa shape index (κ3) is 3.87. The Morgan fingerprint density at radius 2 is 2.00 bits per heavy atom. The van der Waals surface area contributed by atoms with Crippen LogP contribution in [0.4, 0.5) is 0 Å². The van der Waals surface area contributed by atoms with Crippen molar-refractivity contribution >= 4 is 42.3 Å². The lowest BCUT2D eigenvalue weighted by atomic mass is 10.0. The molecule has 3 rings (SSSR count). The van der Waals surface area contributed by atoms with Crippen molar-refractivity contribution in [2.45, 2.75) is 26.6 Å². The number of nitriles is 1. The van der Waals surface area contributed by atoms with Crippen molar-refractivity contribution in [2.24, 2.45) is 0 Å². The summed E-state index contributed by atoms with van der Waals surface area (Å²) in [5, 5.41) is 20.4. The highest BCUT2D eigenvalue weighted by atomic mass is 35.5. The van der Waals surface area contributed by atoms with E-state index in [-0.39, 0.29) is 6.61 Å². The second kappa shape index (κ2) is 7.87. The first kappa shape index (κ1) is 20.3. The maximum absolute atomic E-state index is 12.6. The van der Waals surface area contributed by atoms with Gasteiger partial charge in [-0.2, -0.15) is 5.26 Å². The van der Waals surface area contributed by atoms with Crippen LogP contribution in [-0.2, 0) is 4.74 Å². The minimum atomic E-state index is -1.66. The van der Waals surface area contributed by atoms with Crippen LogP contribution in [0.25, 0.3) is 16.1 Å². The molecular weight excluding hydrogens is 412 g/mol. The van der Waals surface area contributed by atoms with Crippen LogP contribution in [0.2, 0.25) is 24.7 Å². The van der Waals surface area contributed by atoms with Crippen LogP contribution >= 0.6 is 22.9 Å². The van der Waals surface area contributed by atoms with Gasteiger partial charge in [-0.05, 0) is 24.6 Å². The van der Waals surface area contributed by atoms with Crippen molar-refractivity contribution in [3.05, 3.63) is 45.9 Å². The summed E-state index contributed by atoms with van der Waals surface area (Å²) >= 11 is 7.18. The van der Waals surface area contributed by atoms with Crippen molar-refractivity contribution in [3.63, 3.8) is 0 Å². The number of carbonyl (C=O) groups is 1. The van der Waals surface area contributed by atoms with Gasteiger partial charge in [0.1, 0.15) is 24.0 Å². The number of hydrogen-bond acceptors (Lipinski definition) is 6. The van der Waals surface area contributed by atoms with E-state index in [4.69, 9.17) is 16.3 Å². The molecule has 0 bridgehead atoms. The van der Waals surface area contributed by atoms with Gasteiger partial charge in [-0.1, -0.05) is 48.6 Å². The number of carbonyl (C=O) groups excluding carboxylic acids is 1. The van der Waals surface area contributed by atoms with Crippen LogP contribution in [0.3, 0.4) is 0 Å². The van der Waals surface area contributed by atoms with E-state index in [2.05, 4.69) is 36.0 Å². The van der Waals surface area contributed by atoms with Gasteiger partial charge in [-0.15, -0.1) is 16.4 Å². The highest BCUT2D eigenvalue weighted by Gasteiger charge is 2.28. The molecule has 0 spiro atoms. The number of rotatable bonds is 5. The predicted octanol–water partition coefficient (Wildman–Crippen LogP) is 4.24. The molecule has 0 aliphatic heterocycles. The quantitative estimate of drug-likeness (QED) is 0.446. The number of hydrogen-bond donors (Lipinski definition) is 0. The molecule has 28 heavy (non-hydrogen) atoms. The largest absolute Gasteiger partial charge is 0.462 e. The Labute approximate surface area is 173 Å². The molecule has 6 nitrogen and oxygen atoms in total. The number of aromatic nitrogens is 3. The van der Waals surface area contributed by atoms with Crippen LogP contribution in [0, 0.1) is 11.3 Å². The van der Waals surface area contributed by atoms with E-state index in [1.165, 1.54) is 11.3 Å². The number of nitrogens with zero attached hydrogens (tertiary/aromatic N) is 4. The van der Waals surface area contributed by atoms with Crippen LogP contribution < -0.4 is 5.32 Å². The molecule has 144 valence electrons. The molecular formula is C19H19ClN4O2SSi. The zero-order valence-corrected chi connectivity index (χ0v) is 18.6. The van der Waals surface area contributed by atoms with Gasteiger partial charge in [0.15, 0.2) is 0 Å². The van der Waals surface area contributed by atoms with E-state index in [1.807, 2.05) is 6.20 Å². The van der Waals surface area contributed by atoms with Crippen LogP contribution in [-0.4, -0.2) is 35.6 Å². The van der Waals surface area contributed by atoms with Crippen molar-refractivity contribution < 1.29 is 9.53 Å². The molecule has 0 aliphatic carbocycles. The molecule has 0 saturated carbocycles. The van der Waals surface area contributed by atoms with E-state index in [0.29, 0.717) is 26.0 Å². The summed E-state index contributed by atoms with van der Waals surface area (Å²) < 4.78 is 6.80. The summed E-state index contributed by atoms with van der Waals surface area (Å²) in [6.45, 7) is 8.51. The summed E-state index contributed by atoms with van der Waals surface area (Å²) in [5.74, 6) is -0.467. The Kier molecular flexibility index (Phi) is 5.70. The first-order valence-electron chi connectivity index (χ1n) is 8.69. The predicted molar refractivity (Wildman–Crippen MR) is 113 cm³/mol. The second-order valence-corrected chi connectivity index (χ2v) is 13.6. The molecule has 0 radical (unpaired) electrons. The molecule has 0 atom stereocenters. The summed E-state index contributed by atoms with van der Waals surface area (Å²) in [6, 6.07) is 9.25. The van der Waals surface area contributed by atoms with E-state index in [9.17, 15) is 10.1 Å². The molecule has 3 aromatic rings. The first-order chi connectivity index (χ1) is 13.3. The van der Waals surface area contributed by atoms with Crippen molar-refractivity contribution in [3.8, 4) is 22.2 Å². The fourth-order valence-electron chi connectivity index (χ4n) is 2.62. The molecule has 2 aromatic heterocycles. The number of halogens is 1. The maximum atomic E-state index is 12.6. The number of esters is 1. The fourth-order valence-corrected chi connectivity index (χ4v) is 4.69. The third-order valence-electron chi connectivity index (χ3n) is 4.07. The Morgan fingerprint density at radius 1 is 1.32 bits per heavy atom. The SMILES string of the molecule is CCOC(=O)c1sc(-n2cc([Si](C)(C)C)nn2)c(C#N)c1-c1ccc(Cl)cc1. The Hall–Kier alpha value is -2.47. The second-order valence-electron chi connectivity index (χ2n) is 7.12. The summed E-state index contributed by atoms with van der Waals surface area (Å²) in [4.78, 5) is 13.0. The Balaban J connectivity index is 2.23. The molecule has 0 unspecified atom stereocenters. The van der Waals surface area contributed by atoms with Crippen molar-refractivity contribution in [1.82, 2.24) is 15.0 Å². The average Bonchev–Trinajstić information content (AvgIpc) is 3.27. The summed E-state index contributed by atoms with van der Waals surface area (Å²) in [6.07, 6.45) is 1.85. The third-order valence-corrected chi connectivity index (χ3v) is 7.24.